The quantitative estimate of drug-likeness (QED) is 0.552. The average Bonchev–Trinajstić information content (AvgIpc) is 3.26. The lowest BCUT2D eigenvalue weighted by Crippen LogP contribution is -2.38. The number of hydrogen-bond acceptors (Lipinski definition) is 3. The van der Waals surface area contributed by atoms with Crippen LogP contribution in [0.25, 0.3) is 10.9 Å². The molecule has 2 atom stereocenters. The molecule has 2 N–H and O–H groups in total. The second-order valence-electron chi connectivity index (χ2n) is 8.17. The lowest BCUT2D eigenvalue weighted by atomic mass is 9.86. The Morgan fingerprint density at radius 1 is 1.29 bits per heavy atom. The zero-order chi connectivity index (χ0) is 22.1. The Hall–Kier alpha value is -2.93. The number of benzene rings is 2. The highest BCUT2D eigenvalue weighted by Crippen LogP contribution is 2.40. The first-order valence-corrected chi connectivity index (χ1v) is 10.4. The number of piperidine rings is 1. The molecule has 0 radical (unpaired) electrons. The number of fused-ring (bicyclic) bond motifs is 1. The number of rotatable bonds is 6. The number of halogens is 2. The predicted octanol–water partition coefficient (Wildman–Crippen LogP) is 5.40. The molecule has 1 aromatic heterocycles. The number of aromatic amines is 1. The summed E-state index contributed by atoms with van der Waals surface area (Å²) < 4.78 is 32.7. The van der Waals surface area contributed by atoms with Crippen LogP contribution >= 0.6 is 0 Å². The number of carbonyl (C=O) groups is 1. The Labute approximate surface area is 179 Å². The maximum absolute atomic E-state index is 13.5. The Bertz CT molecular complexity index is 1080. The van der Waals surface area contributed by atoms with Crippen LogP contribution in [-0.2, 0) is 6.54 Å². The normalized spacial score (nSPS) is 19.8. The molecule has 3 aromatic rings. The molecule has 0 aliphatic carbocycles. The molecule has 2 aromatic carbocycles. The average molecular weight is 428 g/mol. The SMILES string of the molecule is COc1cc(C)c2[nH]ccc2c1CN1CCC(C(F)F)CC1c1ccc(C(=O)O)cc1. The van der Waals surface area contributed by atoms with Gasteiger partial charge in [0.05, 0.1) is 12.7 Å². The number of ether oxygens (including phenoxy) is 1. The first-order valence-electron chi connectivity index (χ1n) is 10.4. The van der Waals surface area contributed by atoms with Gasteiger partial charge in [0.2, 0.25) is 6.43 Å². The first kappa shape index (κ1) is 21.3. The molecule has 4 rings (SSSR count). The van der Waals surface area contributed by atoms with Crippen LogP contribution in [0.15, 0.2) is 42.6 Å². The molecule has 5 nitrogen and oxygen atoms in total. The van der Waals surface area contributed by atoms with E-state index in [0.29, 0.717) is 25.9 Å². The molecule has 1 saturated heterocycles. The predicted molar refractivity (Wildman–Crippen MR) is 115 cm³/mol. The van der Waals surface area contributed by atoms with Crippen molar-refractivity contribution in [3.63, 3.8) is 0 Å². The molecule has 0 spiro atoms. The van der Waals surface area contributed by atoms with Crippen molar-refractivity contribution in [1.29, 1.82) is 0 Å². The molecule has 2 heterocycles. The molecule has 0 amide bonds. The van der Waals surface area contributed by atoms with Gasteiger partial charge in [-0.05, 0) is 61.7 Å². The van der Waals surface area contributed by atoms with Crippen molar-refractivity contribution in [3.05, 3.63) is 64.8 Å². The topological polar surface area (TPSA) is 65.6 Å². The van der Waals surface area contributed by atoms with E-state index in [1.54, 1.807) is 31.4 Å². The van der Waals surface area contributed by atoms with Crippen LogP contribution in [0.1, 0.15) is 45.9 Å². The van der Waals surface area contributed by atoms with Gasteiger partial charge in [0.15, 0.2) is 0 Å². The minimum atomic E-state index is -2.37. The maximum Gasteiger partial charge on any atom is 0.335 e. The number of alkyl halides is 2. The van der Waals surface area contributed by atoms with Crippen molar-refractivity contribution >= 4 is 16.9 Å². The number of methoxy groups -OCH3 is 1. The van der Waals surface area contributed by atoms with Gasteiger partial charge in [0.25, 0.3) is 0 Å². The third-order valence-electron chi connectivity index (χ3n) is 6.35. The van der Waals surface area contributed by atoms with E-state index in [1.165, 1.54) is 0 Å². The Morgan fingerprint density at radius 3 is 2.68 bits per heavy atom. The molecule has 2 unspecified atom stereocenters. The molecule has 0 saturated carbocycles. The van der Waals surface area contributed by atoms with E-state index in [-0.39, 0.29) is 11.6 Å². The summed E-state index contributed by atoms with van der Waals surface area (Å²) in [6, 6.07) is 10.4. The summed E-state index contributed by atoms with van der Waals surface area (Å²) in [5, 5.41) is 10.2. The second kappa shape index (κ2) is 8.67. The van der Waals surface area contributed by atoms with Crippen LogP contribution in [0.3, 0.4) is 0 Å². The Balaban J connectivity index is 1.70. The summed E-state index contributed by atoms with van der Waals surface area (Å²) in [5.74, 6) is -0.898. The first-order chi connectivity index (χ1) is 14.9. The van der Waals surface area contributed by atoms with Crippen LogP contribution in [0.5, 0.6) is 5.75 Å². The summed E-state index contributed by atoms with van der Waals surface area (Å²) >= 11 is 0. The van der Waals surface area contributed by atoms with E-state index in [0.717, 1.165) is 33.3 Å². The number of carboxylic acids is 1. The fraction of sp³-hybridized carbons (Fsp3) is 0.375. The number of aromatic nitrogens is 1. The molecule has 1 aliphatic rings. The van der Waals surface area contributed by atoms with E-state index in [2.05, 4.69) is 9.88 Å². The monoisotopic (exact) mass is 428 g/mol. The van der Waals surface area contributed by atoms with E-state index in [1.807, 2.05) is 25.3 Å². The highest BCUT2D eigenvalue weighted by molar-refractivity contribution is 5.88. The van der Waals surface area contributed by atoms with Gasteiger partial charge in [-0.25, -0.2) is 13.6 Å². The number of hydrogen-bond donors (Lipinski definition) is 2. The molecular formula is C24H26F2N2O3. The highest BCUT2D eigenvalue weighted by Gasteiger charge is 2.34. The van der Waals surface area contributed by atoms with Crippen molar-refractivity contribution in [1.82, 2.24) is 9.88 Å². The van der Waals surface area contributed by atoms with E-state index in [9.17, 15) is 18.7 Å². The van der Waals surface area contributed by atoms with Gasteiger partial charge < -0.3 is 14.8 Å². The summed E-state index contributed by atoms with van der Waals surface area (Å²) in [6.07, 6.45) is 0.278. The number of nitrogens with zero attached hydrogens (tertiary/aromatic N) is 1. The third-order valence-corrected chi connectivity index (χ3v) is 6.35. The smallest absolute Gasteiger partial charge is 0.335 e. The van der Waals surface area contributed by atoms with Gasteiger partial charge in [-0.1, -0.05) is 12.1 Å². The van der Waals surface area contributed by atoms with Gasteiger partial charge in [-0.3, -0.25) is 4.90 Å². The molecule has 164 valence electrons. The van der Waals surface area contributed by atoms with Crippen LogP contribution < -0.4 is 4.74 Å². The van der Waals surface area contributed by atoms with Gasteiger partial charge >= 0.3 is 5.97 Å². The van der Waals surface area contributed by atoms with Gasteiger partial charge in [0, 0.05) is 41.2 Å². The second-order valence-corrected chi connectivity index (χ2v) is 8.17. The summed E-state index contributed by atoms with van der Waals surface area (Å²) in [5.41, 5.74) is 4.18. The largest absolute Gasteiger partial charge is 0.496 e. The summed E-state index contributed by atoms with van der Waals surface area (Å²) in [4.78, 5) is 16.7. The minimum Gasteiger partial charge on any atom is -0.496 e. The van der Waals surface area contributed by atoms with Gasteiger partial charge in [0.1, 0.15) is 5.75 Å². The fourth-order valence-corrected chi connectivity index (χ4v) is 4.64. The van der Waals surface area contributed by atoms with E-state index in [4.69, 9.17) is 4.74 Å². The van der Waals surface area contributed by atoms with Crippen molar-refractivity contribution in [3.8, 4) is 5.75 Å². The third kappa shape index (κ3) is 4.14. The van der Waals surface area contributed by atoms with Gasteiger partial charge in [-0.2, -0.15) is 0 Å². The summed E-state index contributed by atoms with van der Waals surface area (Å²) in [7, 11) is 1.64. The van der Waals surface area contributed by atoms with E-state index >= 15 is 0 Å². The Kier molecular flexibility index (Phi) is 5.96. The molecule has 0 bridgehead atoms. The van der Waals surface area contributed by atoms with Crippen molar-refractivity contribution in [2.24, 2.45) is 5.92 Å². The lowest BCUT2D eigenvalue weighted by molar-refractivity contribution is 0.00722. The standard InChI is InChI=1S/C24H26F2N2O3/c1-14-11-21(31-2)19(18-7-9-27-22(14)18)13-28-10-8-17(23(25)26)12-20(28)15-3-5-16(6-4-15)24(29)30/h3-7,9,11,17,20,23,27H,8,10,12-13H2,1-2H3,(H,29,30). The van der Waals surface area contributed by atoms with Crippen molar-refractivity contribution < 1.29 is 23.4 Å². The van der Waals surface area contributed by atoms with Crippen LogP contribution in [0.2, 0.25) is 0 Å². The van der Waals surface area contributed by atoms with Crippen LogP contribution in [0, 0.1) is 12.8 Å². The fourth-order valence-electron chi connectivity index (χ4n) is 4.64. The number of H-pyrrole nitrogens is 1. The number of likely N-dealkylation sites (tertiary alicyclic amines) is 1. The van der Waals surface area contributed by atoms with Crippen LogP contribution in [-0.4, -0.2) is 41.0 Å². The maximum atomic E-state index is 13.5. The number of carboxylic acid groups (broad SMARTS) is 1. The zero-order valence-electron chi connectivity index (χ0n) is 17.6. The van der Waals surface area contributed by atoms with Crippen molar-refractivity contribution in [2.45, 2.75) is 38.8 Å². The van der Waals surface area contributed by atoms with Gasteiger partial charge in [-0.15, -0.1) is 0 Å². The zero-order valence-corrected chi connectivity index (χ0v) is 17.6. The minimum absolute atomic E-state index is 0.186. The molecule has 1 fully saturated rings. The Morgan fingerprint density at radius 2 is 2.03 bits per heavy atom. The number of aromatic carboxylic acids is 1. The molecule has 31 heavy (non-hydrogen) atoms. The molecule has 1 aliphatic heterocycles. The van der Waals surface area contributed by atoms with Crippen LogP contribution in [0.4, 0.5) is 8.78 Å². The number of nitrogens with one attached hydrogen (secondary N) is 1. The lowest BCUT2D eigenvalue weighted by Gasteiger charge is -2.40. The molecule has 7 heteroatoms. The number of aryl methyl sites for hydroxylation is 1. The van der Waals surface area contributed by atoms with E-state index < -0.39 is 18.3 Å². The highest BCUT2D eigenvalue weighted by atomic mass is 19.3. The summed E-state index contributed by atoms with van der Waals surface area (Å²) in [6.45, 7) is 3.11. The van der Waals surface area contributed by atoms with Crippen molar-refractivity contribution in [2.75, 3.05) is 13.7 Å². The molecular weight excluding hydrogens is 402 g/mol.